The lowest BCUT2D eigenvalue weighted by Crippen LogP contribution is -2.30. The molecule has 1 aliphatic rings. The molecular formula is C17H24N2O4. The molecule has 0 bridgehead atoms. The highest BCUT2D eigenvalue weighted by atomic mass is 16.5. The smallest absolute Gasteiger partial charge is 0.342 e. The zero-order valence-corrected chi connectivity index (χ0v) is 14.2. The van der Waals surface area contributed by atoms with Crippen LogP contribution >= 0.6 is 0 Å². The lowest BCUT2D eigenvalue weighted by Gasteiger charge is -2.33. The lowest BCUT2D eigenvalue weighted by molar-refractivity contribution is 0.0477. The van der Waals surface area contributed by atoms with Crippen molar-refractivity contribution in [3.8, 4) is 0 Å². The molecular weight excluding hydrogens is 296 g/mol. The summed E-state index contributed by atoms with van der Waals surface area (Å²) >= 11 is 0. The summed E-state index contributed by atoms with van der Waals surface area (Å²) in [6.45, 7) is 7.98. The first-order valence-corrected chi connectivity index (χ1v) is 8.00. The van der Waals surface area contributed by atoms with E-state index < -0.39 is 11.9 Å². The lowest BCUT2D eigenvalue weighted by atomic mass is 9.74. The molecule has 23 heavy (non-hydrogen) atoms. The Kier molecular flexibility index (Phi) is 4.92. The van der Waals surface area contributed by atoms with Crippen molar-refractivity contribution in [2.45, 2.75) is 52.4 Å². The average Bonchev–Trinajstić information content (AvgIpc) is 2.47. The molecule has 1 aliphatic carbocycles. The van der Waals surface area contributed by atoms with Crippen molar-refractivity contribution in [3.63, 3.8) is 0 Å². The van der Waals surface area contributed by atoms with Crippen LogP contribution in [0.3, 0.4) is 0 Å². The second kappa shape index (κ2) is 6.56. The van der Waals surface area contributed by atoms with Crippen LogP contribution in [-0.4, -0.2) is 30.1 Å². The zero-order valence-electron chi connectivity index (χ0n) is 14.2. The number of esters is 2. The van der Waals surface area contributed by atoms with Crippen molar-refractivity contribution in [3.05, 3.63) is 22.4 Å². The average molecular weight is 320 g/mol. The number of carbonyl (C=O) groups excluding carboxylic acids is 2. The third kappa shape index (κ3) is 3.16. The fraction of sp³-hybridized carbons (Fsp3) is 0.588. The number of aromatic nitrogens is 1. The Labute approximate surface area is 136 Å². The van der Waals surface area contributed by atoms with Gasteiger partial charge in [0.2, 0.25) is 0 Å². The van der Waals surface area contributed by atoms with E-state index in [1.807, 2.05) is 0 Å². The highest BCUT2D eigenvalue weighted by Gasteiger charge is 2.36. The van der Waals surface area contributed by atoms with E-state index in [1.54, 1.807) is 13.8 Å². The Morgan fingerprint density at radius 1 is 1.13 bits per heavy atom. The fourth-order valence-corrected chi connectivity index (χ4v) is 3.11. The van der Waals surface area contributed by atoms with Crippen LogP contribution in [0.15, 0.2) is 0 Å². The van der Waals surface area contributed by atoms with Gasteiger partial charge in [0.25, 0.3) is 0 Å². The van der Waals surface area contributed by atoms with Crippen molar-refractivity contribution >= 4 is 17.8 Å². The summed E-state index contributed by atoms with van der Waals surface area (Å²) in [7, 11) is 0. The Balaban J connectivity index is 2.73. The number of nitrogen functional groups attached to an aromatic ring is 1. The van der Waals surface area contributed by atoms with Gasteiger partial charge >= 0.3 is 11.9 Å². The van der Waals surface area contributed by atoms with E-state index in [-0.39, 0.29) is 35.6 Å². The normalized spacial score (nSPS) is 15.7. The van der Waals surface area contributed by atoms with Gasteiger partial charge in [-0.05, 0) is 38.7 Å². The molecule has 0 aliphatic heterocycles. The number of nitrogens with zero attached hydrogens (tertiary/aromatic N) is 1. The minimum Gasteiger partial charge on any atom is -0.462 e. The Bertz CT molecular complexity index is 638. The molecule has 0 atom stereocenters. The molecule has 0 saturated heterocycles. The summed E-state index contributed by atoms with van der Waals surface area (Å²) < 4.78 is 10.2. The van der Waals surface area contributed by atoms with Gasteiger partial charge in [0, 0.05) is 5.41 Å². The number of carbonyl (C=O) groups is 2. The van der Waals surface area contributed by atoms with E-state index in [0.717, 1.165) is 24.1 Å². The molecule has 1 heterocycles. The maximum absolute atomic E-state index is 12.5. The maximum Gasteiger partial charge on any atom is 0.342 e. The van der Waals surface area contributed by atoms with Gasteiger partial charge in [0.05, 0.1) is 24.5 Å². The Morgan fingerprint density at radius 3 is 2.26 bits per heavy atom. The van der Waals surface area contributed by atoms with Gasteiger partial charge in [-0.15, -0.1) is 0 Å². The van der Waals surface area contributed by atoms with Crippen molar-refractivity contribution in [2.75, 3.05) is 18.9 Å². The van der Waals surface area contributed by atoms with Crippen LogP contribution in [-0.2, 0) is 21.3 Å². The third-order valence-electron chi connectivity index (χ3n) is 4.15. The van der Waals surface area contributed by atoms with E-state index in [9.17, 15) is 9.59 Å². The second-order valence-corrected chi connectivity index (χ2v) is 6.25. The molecule has 2 N–H and O–H groups in total. The Hall–Kier alpha value is -2.11. The first-order chi connectivity index (χ1) is 10.8. The van der Waals surface area contributed by atoms with E-state index in [4.69, 9.17) is 15.2 Å². The highest BCUT2D eigenvalue weighted by Crippen LogP contribution is 2.39. The predicted octanol–water partition coefficient (Wildman–Crippen LogP) is 2.63. The van der Waals surface area contributed by atoms with E-state index in [1.165, 1.54) is 0 Å². The number of nitrogens with two attached hydrogens (primary N) is 1. The van der Waals surface area contributed by atoms with Crippen molar-refractivity contribution in [1.82, 2.24) is 4.98 Å². The summed E-state index contributed by atoms with van der Waals surface area (Å²) in [5, 5.41) is 0. The minimum absolute atomic E-state index is 0.0280. The number of pyridine rings is 1. The third-order valence-corrected chi connectivity index (χ3v) is 4.15. The zero-order chi connectivity index (χ0) is 17.2. The topological polar surface area (TPSA) is 91.5 Å². The summed E-state index contributed by atoms with van der Waals surface area (Å²) in [6, 6.07) is 0. The van der Waals surface area contributed by atoms with Gasteiger partial charge in [0.15, 0.2) is 0 Å². The molecule has 0 radical (unpaired) electrons. The molecule has 0 fully saturated rings. The van der Waals surface area contributed by atoms with E-state index in [2.05, 4.69) is 18.8 Å². The van der Waals surface area contributed by atoms with Crippen LogP contribution in [0.2, 0.25) is 0 Å². The largest absolute Gasteiger partial charge is 0.462 e. The number of hydrogen-bond donors (Lipinski definition) is 1. The molecule has 1 aromatic rings. The Morgan fingerprint density at radius 2 is 1.70 bits per heavy atom. The summed E-state index contributed by atoms with van der Waals surface area (Å²) in [6.07, 6.45) is 2.54. The second-order valence-electron chi connectivity index (χ2n) is 6.25. The standard InChI is InChI=1S/C17H24N2O4/c1-5-22-15(20)11-10-8-7-9-17(3,4)13(10)19-14(18)12(11)16(21)23-6-2/h5-9H2,1-4H3,(H2,18,19). The summed E-state index contributed by atoms with van der Waals surface area (Å²) in [4.78, 5) is 29.2. The van der Waals surface area contributed by atoms with Gasteiger partial charge < -0.3 is 15.2 Å². The molecule has 6 heteroatoms. The molecule has 0 unspecified atom stereocenters. The number of anilines is 1. The first kappa shape index (κ1) is 17.2. The highest BCUT2D eigenvalue weighted by molar-refractivity contribution is 6.07. The van der Waals surface area contributed by atoms with Gasteiger partial charge in [-0.3, -0.25) is 0 Å². The number of rotatable bonds is 4. The molecule has 126 valence electrons. The van der Waals surface area contributed by atoms with E-state index in [0.29, 0.717) is 6.42 Å². The van der Waals surface area contributed by atoms with Gasteiger partial charge in [0.1, 0.15) is 11.4 Å². The predicted molar refractivity (Wildman–Crippen MR) is 86.5 cm³/mol. The van der Waals surface area contributed by atoms with Crippen LogP contribution in [0.4, 0.5) is 5.82 Å². The van der Waals surface area contributed by atoms with Crippen LogP contribution < -0.4 is 5.73 Å². The number of ether oxygens (including phenoxy) is 2. The van der Waals surface area contributed by atoms with Crippen molar-refractivity contribution in [1.29, 1.82) is 0 Å². The van der Waals surface area contributed by atoms with Crippen LogP contribution in [0.25, 0.3) is 0 Å². The number of hydrogen-bond acceptors (Lipinski definition) is 6. The van der Waals surface area contributed by atoms with E-state index >= 15 is 0 Å². The molecule has 0 amide bonds. The van der Waals surface area contributed by atoms with Crippen molar-refractivity contribution in [2.24, 2.45) is 0 Å². The summed E-state index contributed by atoms with van der Waals surface area (Å²) in [5.41, 5.74) is 7.60. The number of fused-ring (bicyclic) bond motifs is 1. The molecule has 0 saturated carbocycles. The SMILES string of the molecule is CCOC(=O)c1c(N)nc2c(c1C(=O)OCC)CCCC2(C)C. The maximum atomic E-state index is 12.5. The van der Waals surface area contributed by atoms with Crippen LogP contribution in [0.5, 0.6) is 0 Å². The molecule has 6 nitrogen and oxygen atoms in total. The molecule has 2 rings (SSSR count). The molecule has 0 spiro atoms. The van der Waals surface area contributed by atoms with Crippen molar-refractivity contribution < 1.29 is 19.1 Å². The van der Waals surface area contributed by atoms with Crippen LogP contribution in [0.1, 0.15) is 72.5 Å². The fourth-order valence-electron chi connectivity index (χ4n) is 3.11. The molecule has 0 aromatic carbocycles. The summed E-state index contributed by atoms with van der Waals surface area (Å²) in [5.74, 6) is -1.15. The quantitative estimate of drug-likeness (QED) is 0.857. The van der Waals surface area contributed by atoms with Gasteiger partial charge in [-0.2, -0.15) is 0 Å². The minimum atomic E-state index is -0.633. The van der Waals surface area contributed by atoms with Gasteiger partial charge in [-0.1, -0.05) is 13.8 Å². The monoisotopic (exact) mass is 320 g/mol. The van der Waals surface area contributed by atoms with Crippen LogP contribution in [0, 0.1) is 0 Å². The van der Waals surface area contributed by atoms with Gasteiger partial charge in [-0.25, -0.2) is 14.6 Å². The molecule has 1 aromatic heterocycles. The first-order valence-electron chi connectivity index (χ1n) is 8.00.